The summed E-state index contributed by atoms with van der Waals surface area (Å²) in [6.07, 6.45) is 0. The molecule has 0 spiro atoms. The number of anilines is 1. The van der Waals surface area contributed by atoms with Crippen molar-refractivity contribution in [2.45, 2.75) is 0 Å². The first kappa shape index (κ1) is 19.0. The van der Waals surface area contributed by atoms with Gasteiger partial charge in [0.05, 0.1) is 27.9 Å². The molecule has 27 heavy (non-hydrogen) atoms. The highest BCUT2D eigenvalue weighted by Gasteiger charge is 2.20. The number of hydrogen-bond acceptors (Lipinski definition) is 6. The van der Waals surface area contributed by atoms with E-state index >= 15 is 0 Å². The van der Waals surface area contributed by atoms with E-state index in [0.29, 0.717) is 23.6 Å². The molecule has 1 saturated heterocycles. The van der Waals surface area contributed by atoms with Crippen molar-refractivity contribution in [1.29, 1.82) is 0 Å². The minimum absolute atomic E-state index is 0.0887. The lowest BCUT2D eigenvalue weighted by Gasteiger charge is -2.35. The van der Waals surface area contributed by atoms with Gasteiger partial charge in [0, 0.05) is 43.5 Å². The molecular formula is C21H26N2O4. The van der Waals surface area contributed by atoms with E-state index in [1.807, 2.05) is 18.2 Å². The van der Waals surface area contributed by atoms with E-state index in [0.717, 1.165) is 37.6 Å². The van der Waals surface area contributed by atoms with Gasteiger partial charge in [-0.15, -0.1) is 0 Å². The maximum Gasteiger partial charge on any atom is 0.176 e. The Kier molecular flexibility index (Phi) is 6.19. The van der Waals surface area contributed by atoms with Crippen LogP contribution in [0.25, 0.3) is 0 Å². The summed E-state index contributed by atoms with van der Waals surface area (Å²) in [6, 6.07) is 13.4. The minimum Gasteiger partial charge on any atom is -0.497 e. The number of piperazine rings is 1. The Morgan fingerprint density at radius 3 is 2.30 bits per heavy atom. The summed E-state index contributed by atoms with van der Waals surface area (Å²) >= 11 is 0. The molecule has 0 N–H and O–H groups in total. The molecule has 1 fully saturated rings. The molecule has 1 aliphatic heterocycles. The quantitative estimate of drug-likeness (QED) is 0.699. The number of Topliss-reactive ketones (excluding diaryl/α,β-unsaturated/α-hetero) is 1. The van der Waals surface area contributed by atoms with Crippen LogP contribution in [0.5, 0.6) is 17.2 Å². The maximum absolute atomic E-state index is 12.6. The van der Waals surface area contributed by atoms with Crippen molar-refractivity contribution < 1.29 is 19.0 Å². The first-order valence-corrected chi connectivity index (χ1v) is 9.01. The molecule has 3 rings (SSSR count). The molecule has 0 amide bonds. The fourth-order valence-corrected chi connectivity index (χ4v) is 3.28. The van der Waals surface area contributed by atoms with Gasteiger partial charge in [-0.25, -0.2) is 0 Å². The Morgan fingerprint density at radius 1 is 0.889 bits per heavy atom. The summed E-state index contributed by atoms with van der Waals surface area (Å²) < 4.78 is 15.8. The third-order valence-corrected chi connectivity index (χ3v) is 4.86. The molecule has 2 aromatic carbocycles. The second-order valence-electron chi connectivity index (χ2n) is 6.46. The van der Waals surface area contributed by atoms with Gasteiger partial charge in [-0.2, -0.15) is 0 Å². The molecular weight excluding hydrogens is 344 g/mol. The van der Waals surface area contributed by atoms with E-state index in [1.54, 1.807) is 39.5 Å². The van der Waals surface area contributed by atoms with E-state index in [9.17, 15) is 4.79 Å². The molecule has 0 saturated carbocycles. The molecule has 6 heteroatoms. The highest BCUT2D eigenvalue weighted by Crippen LogP contribution is 2.28. The summed E-state index contributed by atoms with van der Waals surface area (Å²) in [6.45, 7) is 3.85. The third-order valence-electron chi connectivity index (χ3n) is 4.86. The molecule has 144 valence electrons. The van der Waals surface area contributed by atoms with E-state index in [-0.39, 0.29) is 5.78 Å². The van der Waals surface area contributed by atoms with Gasteiger partial charge in [0.15, 0.2) is 17.3 Å². The summed E-state index contributed by atoms with van der Waals surface area (Å²) in [5.41, 5.74) is 1.79. The van der Waals surface area contributed by atoms with Crippen LogP contribution in [-0.2, 0) is 0 Å². The fraction of sp³-hybridized carbons (Fsp3) is 0.381. The Hall–Kier alpha value is -2.73. The van der Waals surface area contributed by atoms with Gasteiger partial charge in [-0.05, 0) is 30.3 Å². The first-order chi connectivity index (χ1) is 13.1. The predicted octanol–water partition coefficient (Wildman–Crippen LogP) is 2.72. The van der Waals surface area contributed by atoms with Crippen LogP contribution < -0.4 is 19.1 Å². The average molecular weight is 370 g/mol. The zero-order valence-electron chi connectivity index (χ0n) is 16.1. The number of ketones is 1. The normalized spacial score (nSPS) is 14.7. The Labute approximate surface area is 160 Å². The number of nitrogens with zero attached hydrogens (tertiary/aromatic N) is 2. The van der Waals surface area contributed by atoms with Gasteiger partial charge in [-0.3, -0.25) is 9.69 Å². The second-order valence-corrected chi connectivity index (χ2v) is 6.46. The van der Waals surface area contributed by atoms with Crippen LogP contribution in [0.15, 0.2) is 42.5 Å². The Balaban J connectivity index is 1.58. The van der Waals surface area contributed by atoms with Crippen LogP contribution in [0.1, 0.15) is 10.4 Å². The summed E-state index contributed by atoms with van der Waals surface area (Å²) in [7, 11) is 4.84. The SMILES string of the molecule is COc1cccc(N2CCN(CC(=O)c3ccc(OC)c(OC)c3)CC2)c1. The molecule has 2 aromatic rings. The lowest BCUT2D eigenvalue weighted by molar-refractivity contribution is 0.0926. The first-order valence-electron chi connectivity index (χ1n) is 9.01. The number of rotatable bonds is 7. The van der Waals surface area contributed by atoms with E-state index in [4.69, 9.17) is 14.2 Å². The van der Waals surface area contributed by atoms with Crippen molar-refractivity contribution in [1.82, 2.24) is 4.90 Å². The third kappa shape index (κ3) is 4.52. The van der Waals surface area contributed by atoms with Crippen molar-refractivity contribution in [3.63, 3.8) is 0 Å². The van der Waals surface area contributed by atoms with Crippen molar-refractivity contribution in [2.75, 3.05) is 59.0 Å². The largest absolute Gasteiger partial charge is 0.497 e. The van der Waals surface area contributed by atoms with Gasteiger partial charge < -0.3 is 19.1 Å². The van der Waals surface area contributed by atoms with Gasteiger partial charge in [0.1, 0.15) is 5.75 Å². The number of benzene rings is 2. The number of carbonyl (C=O) groups excluding carboxylic acids is 1. The summed E-state index contributed by atoms with van der Waals surface area (Å²) in [5.74, 6) is 2.15. The molecule has 0 atom stereocenters. The number of methoxy groups -OCH3 is 3. The van der Waals surface area contributed by atoms with Crippen LogP contribution in [0, 0.1) is 0 Å². The molecule has 1 heterocycles. The van der Waals surface area contributed by atoms with Crippen LogP contribution in [-0.4, -0.2) is 64.7 Å². The molecule has 1 aliphatic rings. The van der Waals surface area contributed by atoms with Crippen LogP contribution in [0.3, 0.4) is 0 Å². The fourth-order valence-electron chi connectivity index (χ4n) is 3.28. The van der Waals surface area contributed by atoms with Crippen molar-refractivity contribution >= 4 is 11.5 Å². The highest BCUT2D eigenvalue weighted by molar-refractivity contribution is 5.98. The molecule has 0 radical (unpaired) electrons. The maximum atomic E-state index is 12.6. The zero-order chi connectivity index (χ0) is 19.2. The monoisotopic (exact) mass is 370 g/mol. The van der Waals surface area contributed by atoms with Crippen molar-refractivity contribution in [2.24, 2.45) is 0 Å². The van der Waals surface area contributed by atoms with E-state index < -0.39 is 0 Å². The van der Waals surface area contributed by atoms with Crippen molar-refractivity contribution in [3.05, 3.63) is 48.0 Å². The lowest BCUT2D eigenvalue weighted by atomic mass is 10.1. The van der Waals surface area contributed by atoms with Gasteiger partial charge in [-0.1, -0.05) is 6.07 Å². The topological polar surface area (TPSA) is 51.2 Å². The Morgan fingerprint density at radius 2 is 1.63 bits per heavy atom. The van der Waals surface area contributed by atoms with Gasteiger partial charge in [0.2, 0.25) is 0 Å². The number of ether oxygens (including phenoxy) is 3. The molecule has 6 nitrogen and oxygen atoms in total. The smallest absolute Gasteiger partial charge is 0.176 e. The molecule has 0 unspecified atom stereocenters. The molecule has 0 aromatic heterocycles. The summed E-state index contributed by atoms with van der Waals surface area (Å²) in [5, 5.41) is 0. The number of hydrogen-bond donors (Lipinski definition) is 0. The van der Waals surface area contributed by atoms with Gasteiger partial charge in [0.25, 0.3) is 0 Å². The average Bonchev–Trinajstić information content (AvgIpc) is 2.73. The lowest BCUT2D eigenvalue weighted by Crippen LogP contribution is -2.48. The highest BCUT2D eigenvalue weighted by atomic mass is 16.5. The zero-order valence-corrected chi connectivity index (χ0v) is 16.1. The summed E-state index contributed by atoms with van der Waals surface area (Å²) in [4.78, 5) is 17.2. The van der Waals surface area contributed by atoms with Crippen LogP contribution in [0.4, 0.5) is 5.69 Å². The molecule has 0 aliphatic carbocycles. The Bertz CT molecular complexity index is 786. The van der Waals surface area contributed by atoms with Crippen LogP contribution >= 0.6 is 0 Å². The second kappa shape index (κ2) is 8.77. The van der Waals surface area contributed by atoms with E-state index in [2.05, 4.69) is 15.9 Å². The molecule has 0 bridgehead atoms. The van der Waals surface area contributed by atoms with Crippen molar-refractivity contribution in [3.8, 4) is 17.2 Å². The predicted molar refractivity (Wildman–Crippen MR) is 106 cm³/mol. The van der Waals surface area contributed by atoms with E-state index in [1.165, 1.54) is 0 Å². The standard InChI is InChI=1S/C21H26N2O4/c1-25-18-6-4-5-17(14-18)23-11-9-22(10-12-23)15-19(24)16-7-8-20(26-2)21(13-16)27-3/h4-8,13-14H,9-12,15H2,1-3H3. The van der Waals surface area contributed by atoms with Gasteiger partial charge >= 0.3 is 0 Å². The number of carbonyl (C=O) groups is 1. The minimum atomic E-state index is 0.0887. The van der Waals surface area contributed by atoms with Crippen LogP contribution in [0.2, 0.25) is 0 Å².